The van der Waals surface area contributed by atoms with E-state index in [1.807, 2.05) is 42.5 Å². The zero-order chi connectivity index (χ0) is 17.1. The molecule has 0 unspecified atom stereocenters. The minimum Gasteiger partial charge on any atom is -0.372 e. The third-order valence-electron chi connectivity index (χ3n) is 3.91. The van der Waals surface area contributed by atoms with E-state index in [0.717, 1.165) is 50.0 Å². The van der Waals surface area contributed by atoms with E-state index < -0.39 is 5.41 Å². The first-order valence-electron chi connectivity index (χ1n) is 8.22. The first-order valence-corrected chi connectivity index (χ1v) is 8.22. The molecule has 0 saturated heterocycles. The van der Waals surface area contributed by atoms with E-state index in [2.05, 4.69) is 18.7 Å². The predicted octanol–water partition coefficient (Wildman–Crippen LogP) is 4.19. The molecule has 0 heterocycles. The summed E-state index contributed by atoms with van der Waals surface area (Å²) in [5.74, 6) is 0. The highest BCUT2D eigenvalue weighted by molar-refractivity contribution is 5.48. The monoisotopic (exact) mass is 308 g/mol. The summed E-state index contributed by atoms with van der Waals surface area (Å²) in [6.07, 6.45) is 4.78. The van der Waals surface area contributed by atoms with Crippen molar-refractivity contribution in [2.75, 3.05) is 18.0 Å². The van der Waals surface area contributed by atoms with Gasteiger partial charge >= 0.3 is 0 Å². The van der Waals surface area contributed by atoms with Gasteiger partial charge in [-0.3, -0.25) is 0 Å². The van der Waals surface area contributed by atoms with Crippen molar-refractivity contribution in [2.24, 2.45) is 5.41 Å². The van der Waals surface area contributed by atoms with Crippen LogP contribution >= 0.6 is 0 Å². The molecular weight excluding hydrogens is 284 g/mol. The van der Waals surface area contributed by atoms with Crippen molar-refractivity contribution in [3.8, 4) is 18.2 Å². The van der Waals surface area contributed by atoms with Crippen LogP contribution in [0.2, 0.25) is 0 Å². The number of nitriles is 3. The second-order valence-corrected chi connectivity index (χ2v) is 5.78. The second kappa shape index (κ2) is 9.50. The smallest absolute Gasteiger partial charge is 0.232 e. The molecule has 0 aliphatic carbocycles. The van der Waals surface area contributed by atoms with Crippen molar-refractivity contribution in [1.29, 1.82) is 15.8 Å². The Hall–Kier alpha value is -2.51. The van der Waals surface area contributed by atoms with Gasteiger partial charge in [-0.15, -0.1) is 0 Å². The van der Waals surface area contributed by atoms with Gasteiger partial charge in [0.2, 0.25) is 5.41 Å². The molecule has 1 aromatic carbocycles. The molecule has 1 aromatic rings. The molecule has 0 N–H and O–H groups in total. The summed E-state index contributed by atoms with van der Waals surface area (Å²) in [6.45, 7) is 6.45. The van der Waals surface area contributed by atoms with E-state index in [4.69, 9.17) is 15.8 Å². The zero-order valence-corrected chi connectivity index (χ0v) is 14.0. The lowest BCUT2D eigenvalue weighted by molar-refractivity contribution is 0.669. The van der Waals surface area contributed by atoms with E-state index in [1.165, 1.54) is 0 Å². The lowest BCUT2D eigenvalue weighted by Gasteiger charge is -2.25. The largest absolute Gasteiger partial charge is 0.372 e. The average Bonchev–Trinajstić information content (AvgIpc) is 2.61. The van der Waals surface area contributed by atoms with Gasteiger partial charge in [0, 0.05) is 25.2 Å². The van der Waals surface area contributed by atoms with Crippen LogP contribution in [0.5, 0.6) is 0 Å². The molecule has 4 heteroatoms. The maximum absolute atomic E-state index is 9.07. The van der Waals surface area contributed by atoms with E-state index in [0.29, 0.717) is 0 Å². The highest BCUT2D eigenvalue weighted by Crippen LogP contribution is 2.23. The van der Waals surface area contributed by atoms with Crippen molar-refractivity contribution < 1.29 is 0 Å². The number of rotatable bonds is 9. The minimum absolute atomic E-state index is 0.140. The molecule has 0 atom stereocenters. The summed E-state index contributed by atoms with van der Waals surface area (Å²) in [4.78, 5) is 2.38. The molecule has 0 spiro atoms. The Morgan fingerprint density at radius 3 is 1.74 bits per heavy atom. The summed E-state index contributed by atoms with van der Waals surface area (Å²) >= 11 is 0. The van der Waals surface area contributed by atoms with Crippen LogP contribution in [0.1, 0.15) is 45.1 Å². The van der Waals surface area contributed by atoms with Crippen LogP contribution in [0, 0.1) is 39.4 Å². The molecule has 0 saturated carbocycles. The van der Waals surface area contributed by atoms with Crippen molar-refractivity contribution in [3.63, 3.8) is 0 Å². The molecule has 4 nitrogen and oxygen atoms in total. The number of unbranched alkanes of at least 4 members (excludes halogenated alkanes) is 2. The van der Waals surface area contributed by atoms with Gasteiger partial charge in [-0.1, -0.05) is 38.8 Å². The molecule has 120 valence electrons. The van der Waals surface area contributed by atoms with E-state index in [1.54, 1.807) is 0 Å². The summed E-state index contributed by atoms with van der Waals surface area (Å²) in [6, 6.07) is 13.4. The lowest BCUT2D eigenvalue weighted by atomic mass is 9.86. The molecule has 23 heavy (non-hydrogen) atoms. The Kier molecular flexibility index (Phi) is 7.65. The number of anilines is 1. The van der Waals surface area contributed by atoms with E-state index in [9.17, 15) is 0 Å². The molecule has 0 fully saturated rings. The third-order valence-corrected chi connectivity index (χ3v) is 3.91. The fourth-order valence-electron chi connectivity index (χ4n) is 2.39. The molecule has 0 bridgehead atoms. The van der Waals surface area contributed by atoms with Gasteiger partial charge in [0.05, 0.1) is 0 Å². The van der Waals surface area contributed by atoms with Crippen LogP contribution in [-0.4, -0.2) is 13.1 Å². The van der Waals surface area contributed by atoms with Crippen LogP contribution in [0.3, 0.4) is 0 Å². The number of hydrogen-bond donors (Lipinski definition) is 0. The first kappa shape index (κ1) is 18.5. The SMILES string of the molecule is CCCCN(CCCC)c1ccc(CC(C#N)(C#N)C#N)cc1. The number of nitrogens with zero attached hydrogens (tertiary/aromatic N) is 4. The minimum atomic E-state index is -1.59. The average molecular weight is 308 g/mol. The first-order chi connectivity index (χ1) is 11.1. The Balaban J connectivity index is 2.87. The summed E-state index contributed by atoms with van der Waals surface area (Å²) in [5, 5.41) is 27.2. The molecule has 0 aliphatic rings. The fourth-order valence-corrected chi connectivity index (χ4v) is 2.39. The second-order valence-electron chi connectivity index (χ2n) is 5.78. The third kappa shape index (κ3) is 5.32. The zero-order valence-electron chi connectivity index (χ0n) is 14.0. The highest BCUT2D eigenvalue weighted by Gasteiger charge is 2.30. The van der Waals surface area contributed by atoms with E-state index in [-0.39, 0.29) is 6.42 Å². The van der Waals surface area contributed by atoms with Gasteiger partial charge in [0.1, 0.15) is 18.2 Å². The van der Waals surface area contributed by atoms with Crippen LogP contribution < -0.4 is 4.90 Å². The molecule has 1 rings (SSSR count). The van der Waals surface area contributed by atoms with Crippen LogP contribution in [-0.2, 0) is 6.42 Å². The van der Waals surface area contributed by atoms with Crippen LogP contribution in [0.15, 0.2) is 24.3 Å². The quantitative estimate of drug-likeness (QED) is 0.685. The van der Waals surface area contributed by atoms with Gasteiger partial charge in [-0.2, -0.15) is 15.8 Å². The van der Waals surface area contributed by atoms with Crippen LogP contribution in [0.4, 0.5) is 5.69 Å². The molecule has 0 aliphatic heterocycles. The normalized spacial score (nSPS) is 10.4. The van der Waals surface area contributed by atoms with Crippen LogP contribution in [0.25, 0.3) is 0 Å². The topological polar surface area (TPSA) is 74.6 Å². The summed E-state index contributed by atoms with van der Waals surface area (Å²) in [5.41, 5.74) is 0.405. The maximum atomic E-state index is 9.07. The molecular formula is C19H24N4. The van der Waals surface area contributed by atoms with Gasteiger partial charge in [0.15, 0.2) is 0 Å². The van der Waals surface area contributed by atoms with Crippen molar-refractivity contribution in [1.82, 2.24) is 0 Å². The standard InChI is InChI=1S/C19H24N4/c1-3-5-11-23(12-6-4-2)18-9-7-17(8-10-18)13-19(14-20,15-21)16-22/h7-10H,3-6,11-13H2,1-2H3. The van der Waals surface area contributed by atoms with Crippen molar-refractivity contribution >= 4 is 5.69 Å². The fraction of sp³-hybridized carbons (Fsp3) is 0.526. The Bertz CT molecular complexity index is 554. The van der Waals surface area contributed by atoms with Crippen molar-refractivity contribution in [2.45, 2.75) is 46.0 Å². The molecule has 0 radical (unpaired) electrons. The van der Waals surface area contributed by atoms with Gasteiger partial charge in [0.25, 0.3) is 0 Å². The van der Waals surface area contributed by atoms with Gasteiger partial charge < -0.3 is 4.90 Å². The molecule has 0 aromatic heterocycles. The van der Waals surface area contributed by atoms with Crippen molar-refractivity contribution in [3.05, 3.63) is 29.8 Å². The highest BCUT2D eigenvalue weighted by atomic mass is 15.1. The Morgan fingerprint density at radius 2 is 1.35 bits per heavy atom. The molecule has 0 amide bonds. The number of benzene rings is 1. The van der Waals surface area contributed by atoms with Gasteiger partial charge in [-0.25, -0.2) is 0 Å². The lowest BCUT2D eigenvalue weighted by Crippen LogP contribution is -2.25. The maximum Gasteiger partial charge on any atom is 0.232 e. The van der Waals surface area contributed by atoms with Gasteiger partial charge in [-0.05, 0) is 30.5 Å². The Morgan fingerprint density at radius 1 is 0.870 bits per heavy atom. The Labute approximate surface area is 139 Å². The summed E-state index contributed by atoms with van der Waals surface area (Å²) < 4.78 is 0. The summed E-state index contributed by atoms with van der Waals surface area (Å²) in [7, 11) is 0. The number of hydrogen-bond acceptors (Lipinski definition) is 4. The van der Waals surface area contributed by atoms with E-state index >= 15 is 0 Å². The predicted molar refractivity (Wildman–Crippen MR) is 91.4 cm³/mol.